The van der Waals surface area contributed by atoms with E-state index in [1.54, 1.807) is 0 Å². The predicted octanol–water partition coefficient (Wildman–Crippen LogP) is 1.93. The number of pyridine rings is 1. The molecular formula is C9H8F3NO2. The number of aromatic nitrogens is 1. The Morgan fingerprint density at radius 1 is 1.53 bits per heavy atom. The molecule has 1 aromatic rings. The molecule has 1 rings (SSSR count). The fourth-order valence-electron chi connectivity index (χ4n) is 0.913. The lowest BCUT2D eigenvalue weighted by atomic mass is 10.1. The van der Waals surface area contributed by atoms with E-state index in [4.69, 9.17) is 0 Å². The van der Waals surface area contributed by atoms with Crippen molar-refractivity contribution >= 4 is 5.97 Å². The van der Waals surface area contributed by atoms with Gasteiger partial charge in [-0.1, -0.05) is 0 Å². The van der Waals surface area contributed by atoms with E-state index in [9.17, 15) is 18.0 Å². The normalized spacial score (nSPS) is 11.2. The Labute approximate surface area is 83.9 Å². The second-order valence-corrected chi connectivity index (χ2v) is 2.76. The summed E-state index contributed by atoms with van der Waals surface area (Å²) in [5, 5.41) is 0. The van der Waals surface area contributed by atoms with E-state index in [2.05, 4.69) is 9.72 Å². The first kappa shape index (κ1) is 11.5. The smallest absolute Gasteiger partial charge is 0.356 e. The van der Waals surface area contributed by atoms with Crippen LogP contribution in [0.3, 0.4) is 0 Å². The molecule has 0 bridgehead atoms. The van der Waals surface area contributed by atoms with Crippen molar-refractivity contribution in [2.24, 2.45) is 0 Å². The van der Waals surface area contributed by atoms with Crippen LogP contribution < -0.4 is 0 Å². The molecule has 0 aliphatic rings. The van der Waals surface area contributed by atoms with E-state index < -0.39 is 24.1 Å². The van der Waals surface area contributed by atoms with Crippen molar-refractivity contribution in [1.29, 1.82) is 0 Å². The van der Waals surface area contributed by atoms with Crippen LogP contribution in [0.5, 0.6) is 0 Å². The number of methoxy groups -OCH3 is 1. The summed E-state index contributed by atoms with van der Waals surface area (Å²) in [4.78, 5) is 14.3. The average molecular weight is 219 g/mol. The number of halogens is 3. The quantitative estimate of drug-likeness (QED) is 0.729. The molecule has 3 nitrogen and oxygen atoms in total. The van der Waals surface area contributed by atoms with E-state index in [1.165, 1.54) is 0 Å². The van der Waals surface area contributed by atoms with Crippen LogP contribution in [0.2, 0.25) is 0 Å². The van der Waals surface area contributed by atoms with Crippen LogP contribution in [0.4, 0.5) is 13.2 Å². The highest BCUT2D eigenvalue weighted by Crippen LogP contribution is 2.27. The summed E-state index contributed by atoms with van der Waals surface area (Å²) in [6.45, 7) is -1.80. The molecule has 0 saturated heterocycles. The van der Waals surface area contributed by atoms with Gasteiger partial charge in [-0.25, -0.2) is 14.2 Å². The Balaban J connectivity index is 2.95. The van der Waals surface area contributed by atoms with Gasteiger partial charge >= 0.3 is 11.9 Å². The van der Waals surface area contributed by atoms with Crippen LogP contribution in [-0.2, 0) is 10.7 Å². The zero-order valence-corrected chi connectivity index (χ0v) is 7.84. The summed E-state index contributed by atoms with van der Waals surface area (Å²) >= 11 is 0. The van der Waals surface area contributed by atoms with Gasteiger partial charge in [0.05, 0.1) is 7.11 Å². The minimum atomic E-state index is -3.57. The first-order valence-corrected chi connectivity index (χ1v) is 4.00. The van der Waals surface area contributed by atoms with Crippen molar-refractivity contribution in [3.05, 3.63) is 29.6 Å². The maximum atomic E-state index is 12.8. The van der Waals surface area contributed by atoms with Crippen LogP contribution >= 0.6 is 0 Å². The lowest BCUT2D eigenvalue weighted by Crippen LogP contribution is -2.16. The SMILES string of the molecule is COC(=O)c1ccc(C(F)(F)CF)cn1. The summed E-state index contributed by atoms with van der Waals surface area (Å²) in [6, 6.07) is 2.00. The highest BCUT2D eigenvalue weighted by Gasteiger charge is 2.32. The molecule has 0 fully saturated rings. The summed E-state index contributed by atoms with van der Waals surface area (Å²) in [5.74, 6) is -4.30. The van der Waals surface area contributed by atoms with Crippen molar-refractivity contribution in [1.82, 2.24) is 4.98 Å². The minimum Gasteiger partial charge on any atom is -0.464 e. The lowest BCUT2D eigenvalue weighted by Gasteiger charge is -2.11. The molecule has 0 spiro atoms. The number of alkyl halides is 3. The molecule has 6 heteroatoms. The van der Waals surface area contributed by atoms with Gasteiger partial charge in [-0.3, -0.25) is 0 Å². The molecule has 82 valence electrons. The van der Waals surface area contributed by atoms with Gasteiger partial charge in [0.1, 0.15) is 5.69 Å². The first-order chi connectivity index (χ1) is 7.01. The zero-order valence-electron chi connectivity index (χ0n) is 7.84. The Kier molecular flexibility index (Phi) is 3.28. The molecule has 0 radical (unpaired) electrons. The van der Waals surface area contributed by atoms with Crippen LogP contribution in [-0.4, -0.2) is 24.7 Å². The van der Waals surface area contributed by atoms with E-state index in [1.807, 2.05) is 0 Å². The monoisotopic (exact) mass is 219 g/mol. The third-order valence-corrected chi connectivity index (χ3v) is 1.75. The highest BCUT2D eigenvalue weighted by atomic mass is 19.3. The third-order valence-electron chi connectivity index (χ3n) is 1.75. The van der Waals surface area contributed by atoms with Gasteiger partial charge in [-0.05, 0) is 12.1 Å². The van der Waals surface area contributed by atoms with Gasteiger partial charge in [-0.2, -0.15) is 8.78 Å². The number of carbonyl (C=O) groups excluding carboxylic acids is 1. The molecule has 0 N–H and O–H groups in total. The molecule has 0 aromatic carbocycles. The molecule has 0 saturated carbocycles. The van der Waals surface area contributed by atoms with Crippen molar-refractivity contribution in [3.63, 3.8) is 0 Å². The average Bonchev–Trinajstić information content (AvgIpc) is 2.28. The molecule has 0 atom stereocenters. The van der Waals surface area contributed by atoms with Crippen LogP contribution in [0, 0.1) is 0 Å². The number of hydrogen-bond donors (Lipinski definition) is 0. The van der Waals surface area contributed by atoms with Crippen LogP contribution in [0.1, 0.15) is 16.1 Å². The largest absolute Gasteiger partial charge is 0.464 e. The van der Waals surface area contributed by atoms with Crippen molar-refractivity contribution in [3.8, 4) is 0 Å². The number of carbonyl (C=O) groups is 1. The number of nitrogens with zero attached hydrogens (tertiary/aromatic N) is 1. The number of esters is 1. The Morgan fingerprint density at radius 3 is 2.60 bits per heavy atom. The Morgan fingerprint density at radius 2 is 2.20 bits per heavy atom. The van der Waals surface area contributed by atoms with Crippen molar-refractivity contribution in [2.75, 3.05) is 13.8 Å². The molecule has 0 aliphatic carbocycles. The minimum absolute atomic E-state index is 0.101. The summed E-state index contributed by atoms with van der Waals surface area (Å²) < 4.78 is 41.8. The number of hydrogen-bond acceptors (Lipinski definition) is 3. The van der Waals surface area contributed by atoms with E-state index in [-0.39, 0.29) is 5.69 Å². The van der Waals surface area contributed by atoms with Gasteiger partial charge < -0.3 is 4.74 Å². The van der Waals surface area contributed by atoms with Gasteiger partial charge in [0.25, 0.3) is 0 Å². The molecule has 1 heterocycles. The molecule has 0 aliphatic heterocycles. The lowest BCUT2D eigenvalue weighted by molar-refractivity contribution is -0.0284. The van der Waals surface area contributed by atoms with Gasteiger partial charge in [0.2, 0.25) is 0 Å². The fraction of sp³-hybridized carbons (Fsp3) is 0.333. The second kappa shape index (κ2) is 4.29. The van der Waals surface area contributed by atoms with Crippen molar-refractivity contribution in [2.45, 2.75) is 5.92 Å². The maximum absolute atomic E-state index is 12.8. The van der Waals surface area contributed by atoms with E-state index >= 15 is 0 Å². The standard InChI is InChI=1S/C9H8F3NO2/c1-15-8(14)7-3-2-6(4-13-7)9(11,12)5-10/h2-4H,5H2,1H3. The fourth-order valence-corrected chi connectivity index (χ4v) is 0.913. The van der Waals surface area contributed by atoms with Gasteiger partial charge in [-0.15, -0.1) is 0 Å². The molecule has 15 heavy (non-hydrogen) atoms. The summed E-state index contributed by atoms with van der Waals surface area (Å²) in [6.07, 6.45) is 0.756. The van der Waals surface area contributed by atoms with Gasteiger partial charge in [0, 0.05) is 11.8 Å². The molecule has 0 unspecified atom stereocenters. The zero-order chi connectivity index (χ0) is 11.5. The van der Waals surface area contributed by atoms with Gasteiger partial charge in [0.15, 0.2) is 6.67 Å². The highest BCUT2D eigenvalue weighted by molar-refractivity contribution is 5.86. The first-order valence-electron chi connectivity index (χ1n) is 4.00. The summed E-state index contributed by atoms with van der Waals surface area (Å²) in [5.41, 5.74) is -0.673. The summed E-state index contributed by atoms with van der Waals surface area (Å²) in [7, 11) is 1.15. The third kappa shape index (κ3) is 2.45. The molecule has 0 amide bonds. The topological polar surface area (TPSA) is 39.2 Å². The molecular weight excluding hydrogens is 211 g/mol. The maximum Gasteiger partial charge on any atom is 0.356 e. The Hall–Kier alpha value is -1.59. The van der Waals surface area contributed by atoms with Crippen LogP contribution in [0.15, 0.2) is 18.3 Å². The van der Waals surface area contributed by atoms with E-state index in [0.717, 1.165) is 25.4 Å². The Bertz CT molecular complexity index is 351. The van der Waals surface area contributed by atoms with Crippen molar-refractivity contribution < 1.29 is 22.7 Å². The predicted molar refractivity (Wildman–Crippen MR) is 45.4 cm³/mol. The molecule has 1 aromatic heterocycles. The van der Waals surface area contributed by atoms with Crippen LogP contribution in [0.25, 0.3) is 0 Å². The number of rotatable bonds is 3. The second-order valence-electron chi connectivity index (χ2n) is 2.76. The van der Waals surface area contributed by atoms with E-state index in [0.29, 0.717) is 0 Å². The number of ether oxygens (including phenoxy) is 1.